The average Bonchev–Trinajstić information content (AvgIpc) is 3.14. The van der Waals surface area contributed by atoms with Gasteiger partial charge in [-0.3, -0.25) is 4.79 Å². The third kappa shape index (κ3) is 4.29. The molecule has 3 rings (SSSR count). The molecule has 2 aliphatic rings. The summed E-state index contributed by atoms with van der Waals surface area (Å²) in [5, 5.41) is 7.15. The maximum absolute atomic E-state index is 12.0. The Bertz CT molecular complexity index is 475. The minimum Gasteiger partial charge on any atom is -0.381 e. The number of ether oxygens (including phenoxy) is 1. The van der Waals surface area contributed by atoms with Gasteiger partial charge in [0.25, 0.3) is 0 Å². The zero-order valence-corrected chi connectivity index (χ0v) is 13.1. The normalized spacial score (nSPS) is 23.4. The standard InChI is InChI=1S/C16H25N3O3/c20-14(17-13-5-3-1-2-4-6-13)7-8-15-18-16(19-22-15)12-9-10-21-11-12/h12-13H,1-11H2,(H,17,20)/t12-/m0/s1. The predicted octanol–water partition coefficient (Wildman–Crippen LogP) is 2.35. The lowest BCUT2D eigenvalue weighted by Crippen LogP contribution is -2.34. The van der Waals surface area contributed by atoms with Crippen LogP contribution in [-0.2, 0) is 16.0 Å². The van der Waals surface area contributed by atoms with Crippen molar-refractivity contribution in [3.63, 3.8) is 0 Å². The molecule has 2 heterocycles. The number of carbonyl (C=O) groups is 1. The van der Waals surface area contributed by atoms with Gasteiger partial charge in [0.2, 0.25) is 11.8 Å². The highest BCUT2D eigenvalue weighted by Gasteiger charge is 2.23. The summed E-state index contributed by atoms with van der Waals surface area (Å²) >= 11 is 0. The predicted molar refractivity (Wildman–Crippen MR) is 80.4 cm³/mol. The number of hydrogen-bond acceptors (Lipinski definition) is 5. The molecule has 2 fully saturated rings. The van der Waals surface area contributed by atoms with E-state index in [4.69, 9.17) is 9.26 Å². The van der Waals surface area contributed by atoms with E-state index in [9.17, 15) is 4.79 Å². The van der Waals surface area contributed by atoms with Crippen molar-refractivity contribution < 1.29 is 14.1 Å². The van der Waals surface area contributed by atoms with E-state index in [2.05, 4.69) is 15.5 Å². The molecule has 0 spiro atoms. The molecule has 6 nitrogen and oxygen atoms in total. The number of nitrogens with zero attached hydrogens (tertiary/aromatic N) is 2. The zero-order valence-electron chi connectivity index (χ0n) is 13.1. The monoisotopic (exact) mass is 307 g/mol. The van der Waals surface area contributed by atoms with Crippen molar-refractivity contribution in [2.75, 3.05) is 13.2 Å². The SMILES string of the molecule is O=C(CCc1nc([C@H]2CCOC2)no1)NC1CCCCCC1. The van der Waals surface area contributed by atoms with Gasteiger partial charge < -0.3 is 14.6 Å². The van der Waals surface area contributed by atoms with E-state index in [0.29, 0.717) is 31.4 Å². The Hall–Kier alpha value is -1.43. The molecule has 0 aromatic carbocycles. The molecule has 1 saturated carbocycles. The Morgan fingerprint density at radius 2 is 2.00 bits per heavy atom. The lowest BCUT2D eigenvalue weighted by atomic mass is 10.1. The number of nitrogens with one attached hydrogen (secondary N) is 1. The fourth-order valence-electron chi connectivity index (χ4n) is 3.22. The third-order valence-corrected chi connectivity index (χ3v) is 4.56. The zero-order chi connectivity index (χ0) is 15.2. The summed E-state index contributed by atoms with van der Waals surface area (Å²) in [6.07, 6.45) is 9.13. The molecule has 0 bridgehead atoms. The second-order valence-electron chi connectivity index (χ2n) is 6.36. The molecule has 1 amide bonds. The molecule has 1 aromatic rings. The van der Waals surface area contributed by atoms with Crippen LogP contribution < -0.4 is 5.32 Å². The van der Waals surface area contributed by atoms with Crippen molar-refractivity contribution in [3.05, 3.63) is 11.7 Å². The molecule has 0 radical (unpaired) electrons. The summed E-state index contributed by atoms with van der Waals surface area (Å²) in [7, 11) is 0. The van der Waals surface area contributed by atoms with Gasteiger partial charge in [-0.25, -0.2) is 0 Å². The first-order chi connectivity index (χ1) is 10.8. The minimum atomic E-state index is 0.0934. The van der Waals surface area contributed by atoms with Crippen LogP contribution in [0.5, 0.6) is 0 Å². The van der Waals surface area contributed by atoms with Crippen LogP contribution in [0.15, 0.2) is 4.52 Å². The van der Waals surface area contributed by atoms with Gasteiger partial charge in [-0.15, -0.1) is 0 Å². The summed E-state index contributed by atoms with van der Waals surface area (Å²) in [4.78, 5) is 16.4. The van der Waals surface area contributed by atoms with Crippen molar-refractivity contribution in [2.45, 2.75) is 69.7 Å². The molecule has 0 unspecified atom stereocenters. The van der Waals surface area contributed by atoms with E-state index in [-0.39, 0.29) is 11.8 Å². The number of aryl methyl sites for hydroxylation is 1. The van der Waals surface area contributed by atoms with Crippen LogP contribution in [0.25, 0.3) is 0 Å². The number of carbonyl (C=O) groups excluding carboxylic acids is 1. The molecule has 1 aliphatic carbocycles. The van der Waals surface area contributed by atoms with Gasteiger partial charge in [0.05, 0.1) is 6.61 Å². The third-order valence-electron chi connectivity index (χ3n) is 4.56. The Morgan fingerprint density at radius 3 is 2.73 bits per heavy atom. The van der Waals surface area contributed by atoms with Crippen molar-refractivity contribution >= 4 is 5.91 Å². The van der Waals surface area contributed by atoms with Crippen LogP contribution in [-0.4, -0.2) is 35.3 Å². The van der Waals surface area contributed by atoms with E-state index in [1.54, 1.807) is 0 Å². The fraction of sp³-hybridized carbons (Fsp3) is 0.812. The second kappa shape index (κ2) is 7.72. The summed E-state index contributed by atoms with van der Waals surface area (Å²) < 4.78 is 10.6. The first kappa shape index (κ1) is 15.5. The molecule has 122 valence electrons. The summed E-state index contributed by atoms with van der Waals surface area (Å²) in [6, 6.07) is 0.351. The number of aromatic nitrogens is 2. The van der Waals surface area contributed by atoms with Gasteiger partial charge in [-0.2, -0.15) is 4.98 Å². The Labute approximate surface area is 131 Å². The highest BCUT2D eigenvalue weighted by Crippen LogP contribution is 2.22. The average molecular weight is 307 g/mol. The highest BCUT2D eigenvalue weighted by atomic mass is 16.5. The first-order valence-corrected chi connectivity index (χ1v) is 8.51. The lowest BCUT2D eigenvalue weighted by Gasteiger charge is -2.15. The number of rotatable bonds is 5. The van der Waals surface area contributed by atoms with Crippen LogP contribution in [0, 0.1) is 0 Å². The van der Waals surface area contributed by atoms with Crippen LogP contribution in [0.2, 0.25) is 0 Å². The van der Waals surface area contributed by atoms with E-state index >= 15 is 0 Å². The van der Waals surface area contributed by atoms with Gasteiger partial charge in [0.15, 0.2) is 5.82 Å². The van der Waals surface area contributed by atoms with Gasteiger partial charge >= 0.3 is 0 Å². The van der Waals surface area contributed by atoms with E-state index in [1.807, 2.05) is 0 Å². The molecular weight excluding hydrogens is 282 g/mol. The topological polar surface area (TPSA) is 77.2 Å². The Kier molecular flexibility index (Phi) is 5.43. The van der Waals surface area contributed by atoms with Gasteiger partial charge in [0.1, 0.15) is 0 Å². The maximum Gasteiger partial charge on any atom is 0.227 e. The molecule has 1 aliphatic heterocycles. The number of hydrogen-bond donors (Lipinski definition) is 1. The van der Waals surface area contributed by atoms with E-state index in [0.717, 1.165) is 31.7 Å². The molecule has 1 atom stereocenters. The maximum atomic E-state index is 12.0. The Balaban J connectivity index is 1.42. The van der Waals surface area contributed by atoms with Crippen molar-refractivity contribution in [2.24, 2.45) is 0 Å². The Morgan fingerprint density at radius 1 is 1.18 bits per heavy atom. The molecule has 6 heteroatoms. The number of amides is 1. The van der Waals surface area contributed by atoms with Crippen molar-refractivity contribution in [3.8, 4) is 0 Å². The minimum absolute atomic E-state index is 0.0934. The fourth-order valence-corrected chi connectivity index (χ4v) is 3.22. The molecule has 1 saturated heterocycles. The largest absolute Gasteiger partial charge is 0.381 e. The molecule has 22 heavy (non-hydrogen) atoms. The van der Waals surface area contributed by atoms with E-state index < -0.39 is 0 Å². The molecular formula is C16H25N3O3. The first-order valence-electron chi connectivity index (χ1n) is 8.51. The van der Waals surface area contributed by atoms with Crippen LogP contribution >= 0.6 is 0 Å². The van der Waals surface area contributed by atoms with Crippen LogP contribution in [0.3, 0.4) is 0 Å². The van der Waals surface area contributed by atoms with Gasteiger partial charge in [-0.1, -0.05) is 30.8 Å². The summed E-state index contributed by atoms with van der Waals surface area (Å²) in [5.74, 6) is 1.61. The highest BCUT2D eigenvalue weighted by molar-refractivity contribution is 5.76. The summed E-state index contributed by atoms with van der Waals surface area (Å²) in [5.41, 5.74) is 0. The smallest absolute Gasteiger partial charge is 0.227 e. The molecule has 1 N–H and O–H groups in total. The summed E-state index contributed by atoms with van der Waals surface area (Å²) in [6.45, 7) is 1.43. The van der Waals surface area contributed by atoms with Crippen molar-refractivity contribution in [1.82, 2.24) is 15.5 Å². The lowest BCUT2D eigenvalue weighted by molar-refractivity contribution is -0.121. The van der Waals surface area contributed by atoms with Crippen LogP contribution in [0.4, 0.5) is 0 Å². The quantitative estimate of drug-likeness (QED) is 0.845. The van der Waals surface area contributed by atoms with Gasteiger partial charge in [-0.05, 0) is 19.3 Å². The molecule has 1 aromatic heterocycles. The van der Waals surface area contributed by atoms with Gasteiger partial charge in [0, 0.05) is 31.4 Å². The second-order valence-corrected chi connectivity index (χ2v) is 6.36. The van der Waals surface area contributed by atoms with E-state index in [1.165, 1.54) is 25.7 Å². The van der Waals surface area contributed by atoms with Crippen molar-refractivity contribution in [1.29, 1.82) is 0 Å². The van der Waals surface area contributed by atoms with Crippen LogP contribution in [0.1, 0.15) is 69.0 Å².